The van der Waals surface area contributed by atoms with Gasteiger partial charge >= 0.3 is 0 Å². The van der Waals surface area contributed by atoms with Crippen molar-refractivity contribution in [3.63, 3.8) is 0 Å². The van der Waals surface area contributed by atoms with E-state index in [-0.39, 0.29) is 23.6 Å². The van der Waals surface area contributed by atoms with Crippen molar-refractivity contribution in [2.75, 3.05) is 11.1 Å². The van der Waals surface area contributed by atoms with E-state index in [2.05, 4.69) is 26.2 Å². The van der Waals surface area contributed by atoms with Crippen LogP contribution in [0.5, 0.6) is 0 Å². The van der Waals surface area contributed by atoms with Crippen molar-refractivity contribution in [3.8, 4) is 0 Å². The van der Waals surface area contributed by atoms with Crippen LogP contribution < -0.4 is 10.6 Å². The quantitative estimate of drug-likeness (QED) is 0.735. The van der Waals surface area contributed by atoms with E-state index in [1.807, 2.05) is 13.8 Å². The molecule has 0 spiro atoms. The molecule has 8 nitrogen and oxygen atoms in total. The van der Waals surface area contributed by atoms with Gasteiger partial charge in [-0.05, 0) is 48.0 Å². The van der Waals surface area contributed by atoms with E-state index in [9.17, 15) is 9.59 Å². The maximum absolute atomic E-state index is 12.0. The number of carbonyl (C=O) groups is 2. The molecular weight excluding hydrogens is 328 g/mol. The molecule has 0 saturated carbocycles. The summed E-state index contributed by atoms with van der Waals surface area (Å²) in [5.74, 6) is -0.0860. The predicted molar refractivity (Wildman–Crippen MR) is 91.8 cm³/mol. The maximum atomic E-state index is 12.0. The molecule has 2 aromatic rings. The van der Waals surface area contributed by atoms with E-state index in [1.165, 1.54) is 16.4 Å². The lowest BCUT2D eigenvalue weighted by atomic mass is 10.1. The van der Waals surface area contributed by atoms with Crippen molar-refractivity contribution < 1.29 is 9.59 Å². The number of hydrogen-bond donors (Lipinski definition) is 2. The second-order valence-corrected chi connectivity index (χ2v) is 6.22. The van der Waals surface area contributed by atoms with Gasteiger partial charge in [0.25, 0.3) is 5.91 Å². The zero-order valence-electron chi connectivity index (χ0n) is 13.8. The molecule has 1 aromatic heterocycles. The fourth-order valence-corrected chi connectivity index (χ4v) is 2.43. The lowest BCUT2D eigenvalue weighted by molar-refractivity contribution is -0.113. The third-order valence-corrected chi connectivity index (χ3v) is 4.34. The number of aromatic nitrogens is 4. The average Bonchev–Trinajstić information content (AvgIpc) is 2.98. The second kappa shape index (κ2) is 8.44. The van der Waals surface area contributed by atoms with Crippen molar-refractivity contribution in [1.82, 2.24) is 25.5 Å². The third-order valence-electron chi connectivity index (χ3n) is 3.33. The number of rotatable bonds is 7. The Labute approximate surface area is 144 Å². The molecule has 0 saturated heterocycles. The highest BCUT2D eigenvalue weighted by atomic mass is 32.2. The first-order valence-electron chi connectivity index (χ1n) is 7.55. The zero-order valence-corrected chi connectivity index (χ0v) is 14.6. The molecule has 0 aliphatic rings. The summed E-state index contributed by atoms with van der Waals surface area (Å²) in [6, 6.07) is 6.92. The standard InChI is InChI=1S/C15H20N6O2S/c1-4-10(2)16-14(23)11-5-7-12(8-6-11)17-13(22)9-24-15-18-19-20-21(15)3/h5-8,10H,4,9H2,1-3H3,(H,16,23)(H,17,22)/t10-/m1/s1. The van der Waals surface area contributed by atoms with Crippen LogP contribution in [0, 0.1) is 0 Å². The minimum atomic E-state index is -0.167. The van der Waals surface area contributed by atoms with Crippen LogP contribution in [0.25, 0.3) is 0 Å². The Kier molecular flexibility index (Phi) is 6.30. The molecule has 0 unspecified atom stereocenters. The molecule has 128 valence electrons. The van der Waals surface area contributed by atoms with Crippen LogP contribution in [0.15, 0.2) is 29.4 Å². The van der Waals surface area contributed by atoms with E-state index in [4.69, 9.17) is 0 Å². The number of carbonyl (C=O) groups excluding carboxylic acids is 2. The Morgan fingerprint density at radius 3 is 2.58 bits per heavy atom. The molecule has 1 atom stereocenters. The van der Waals surface area contributed by atoms with Gasteiger partial charge in [0.15, 0.2) is 0 Å². The van der Waals surface area contributed by atoms with Crippen LogP contribution in [0.1, 0.15) is 30.6 Å². The van der Waals surface area contributed by atoms with Crippen LogP contribution in [0.2, 0.25) is 0 Å². The Morgan fingerprint density at radius 2 is 2.00 bits per heavy atom. The summed E-state index contributed by atoms with van der Waals surface area (Å²) in [6.07, 6.45) is 0.874. The zero-order chi connectivity index (χ0) is 17.5. The number of nitrogens with zero attached hydrogens (tertiary/aromatic N) is 4. The van der Waals surface area contributed by atoms with E-state index in [1.54, 1.807) is 31.3 Å². The highest BCUT2D eigenvalue weighted by Gasteiger charge is 2.10. The van der Waals surface area contributed by atoms with Gasteiger partial charge in [0.2, 0.25) is 11.1 Å². The van der Waals surface area contributed by atoms with Crippen LogP contribution in [-0.4, -0.2) is 43.8 Å². The van der Waals surface area contributed by atoms with Gasteiger partial charge in [-0.3, -0.25) is 9.59 Å². The van der Waals surface area contributed by atoms with Crippen LogP contribution in [0.3, 0.4) is 0 Å². The number of tetrazole rings is 1. The molecule has 1 heterocycles. The molecule has 0 bridgehead atoms. The molecule has 9 heteroatoms. The molecule has 1 aromatic carbocycles. The summed E-state index contributed by atoms with van der Waals surface area (Å²) in [5, 5.41) is 17.2. The first kappa shape index (κ1) is 17.9. The van der Waals surface area contributed by atoms with Gasteiger partial charge in [-0.1, -0.05) is 18.7 Å². The Bertz CT molecular complexity index is 700. The Morgan fingerprint density at radius 1 is 1.29 bits per heavy atom. The lowest BCUT2D eigenvalue weighted by Gasteiger charge is -2.11. The smallest absolute Gasteiger partial charge is 0.251 e. The summed E-state index contributed by atoms with van der Waals surface area (Å²) < 4.78 is 1.50. The molecule has 2 amide bonds. The first-order chi connectivity index (χ1) is 11.5. The normalized spacial score (nSPS) is 11.8. The van der Waals surface area contributed by atoms with Crippen LogP contribution in [-0.2, 0) is 11.8 Å². The van der Waals surface area contributed by atoms with Crippen molar-refractivity contribution in [1.29, 1.82) is 0 Å². The highest BCUT2D eigenvalue weighted by molar-refractivity contribution is 7.99. The van der Waals surface area contributed by atoms with E-state index in [0.29, 0.717) is 16.4 Å². The monoisotopic (exact) mass is 348 g/mol. The van der Waals surface area contributed by atoms with Gasteiger partial charge in [-0.2, -0.15) is 0 Å². The summed E-state index contributed by atoms with van der Waals surface area (Å²) in [5.41, 5.74) is 1.20. The Balaban J connectivity index is 1.85. The molecule has 24 heavy (non-hydrogen) atoms. The van der Waals surface area contributed by atoms with Gasteiger partial charge < -0.3 is 10.6 Å². The predicted octanol–water partition coefficient (Wildman–Crippen LogP) is 1.47. The van der Waals surface area contributed by atoms with E-state index in [0.717, 1.165) is 6.42 Å². The van der Waals surface area contributed by atoms with Crippen LogP contribution >= 0.6 is 11.8 Å². The minimum Gasteiger partial charge on any atom is -0.350 e. The van der Waals surface area contributed by atoms with Gasteiger partial charge in [-0.15, -0.1) is 5.10 Å². The van der Waals surface area contributed by atoms with Gasteiger partial charge in [0.1, 0.15) is 0 Å². The molecule has 2 N–H and O–H groups in total. The summed E-state index contributed by atoms with van der Waals surface area (Å²) in [6.45, 7) is 3.97. The van der Waals surface area contributed by atoms with Crippen molar-refractivity contribution in [2.24, 2.45) is 7.05 Å². The third kappa shape index (κ3) is 5.05. The SMILES string of the molecule is CC[C@@H](C)NC(=O)c1ccc(NC(=O)CSc2nnnn2C)cc1. The molecule has 2 rings (SSSR count). The summed E-state index contributed by atoms with van der Waals surface area (Å²) >= 11 is 1.25. The number of nitrogens with one attached hydrogen (secondary N) is 2. The summed E-state index contributed by atoms with van der Waals surface area (Å²) in [4.78, 5) is 23.9. The molecule has 0 aliphatic carbocycles. The fraction of sp³-hybridized carbons (Fsp3) is 0.400. The topological polar surface area (TPSA) is 102 Å². The van der Waals surface area contributed by atoms with Crippen molar-refractivity contribution in [2.45, 2.75) is 31.5 Å². The fourth-order valence-electron chi connectivity index (χ4n) is 1.78. The van der Waals surface area contributed by atoms with Gasteiger partial charge in [0, 0.05) is 24.3 Å². The van der Waals surface area contributed by atoms with Gasteiger partial charge in [-0.25, -0.2) is 4.68 Å². The lowest BCUT2D eigenvalue weighted by Crippen LogP contribution is -2.31. The number of aryl methyl sites for hydroxylation is 1. The number of benzene rings is 1. The number of anilines is 1. The summed E-state index contributed by atoms with van der Waals surface area (Å²) in [7, 11) is 1.71. The van der Waals surface area contributed by atoms with Crippen molar-refractivity contribution >= 4 is 29.3 Å². The molecule has 0 radical (unpaired) electrons. The highest BCUT2D eigenvalue weighted by Crippen LogP contribution is 2.14. The van der Waals surface area contributed by atoms with Gasteiger partial charge in [0.05, 0.1) is 5.75 Å². The number of amides is 2. The minimum absolute atomic E-state index is 0.118. The first-order valence-corrected chi connectivity index (χ1v) is 8.54. The molecule has 0 aliphatic heterocycles. The van der Waals surface area contributed by atoms with E-state index < -0.39 is 0 Å². The number of thioether (sulfide) groups is 1. The molecular formula is C15H20N6O2S. The Hall–Kier alpha value is -2.42. The maximum Gasteiger partial charge on any atom is 0.251 e. The molecule has 0 fully saturated rings. The van der Waals surface area contributed by atoms with Crippen LogP contribution in [0.4, 0.5) is 5.69 Å². The van der Waals surface area contributed by atoms with Crippen molar-refractivity contribution in [3.05, 3.63) is 29.8 Å². The largest absolute Gasteiger partial charge is 0.350 e. The average molecular weight is 348 g/mol. The second-order valence-electron chi connectivity index (χ2n) is 5.28. The van der Waals surface area contributed by atoms with E-state index >= 15 is 0 Å². The number of hydrogen-bond acceptors (Lipinski definition) is 6.